The molecule has 114 valence electrons. The van der Waals surface area contributed by atoms with Crippen molar-refractivity contribution in [3.63, 3.8) is 0 Å². The van der Waals surface area contributed by atoms with Crippen LogP contribution in [0.1, 0.15) is 12.8 Å². The molecule has 0 saturated carbocycles. The fourth-order valence-corrected chi connectivity index (χ4v) is 2.67. The first-order valence-corrected chi connectivity index (χ1v) is 7.60. The van der Waals surface area contributed by atoms with E-state index in [0.717, 1.165) is 25.1 Å². The lowest BCUT2D eigenvalue weighted by atomic mass is 10.1. The number of hydrogen-bond donors (Lipinski definition) is 2. The van der Waals surface area contributed by atoms with Crippen molar-refractivity contribution in [2.75, 3.05) is 23.7 Å². The highest BCUT2D eigenvalue weighted by atomic mass is 16.2. The monoisotopic (exact) mass is 296 g/mol. The normalized spacial score (nSPS) is 17.8. The molecule has 5 nitrogen and oxygen atoms in total. The Bertz CT molecular complexity index is 603. The van der Waals surface area contributed by atoms with Gasteiger partial charge in [-0.1, -0.05) is 24.3 Å². The summed E-state index contributed by atoms with van der Waals surface area (Å²) in [7, 11) is 0. The third-order valence-electron chi connectivity index (χ3n) is 3.75. The number of nitrogens with zero attached hydrogens (tertiary/aromatic N) is 2. The standard InChI is InChI=1S/C17H20N4O/c22-17(20-16-10-4-5-11-18-16)21-12-6-9-15(13-21)19-14-7-2-1-3-8-14/h1-5,7-8,10-11,15,19H,6,9,12-13H2,(H,18,20,22)/t15-/m0/s1. The number of benzene rings is 1. The lowest BCUT2D eigenvalue weighted by molar-refractivity contribution is 0.196. The third-order valence-corrected chi connectivity index (χ3v) is 3.75. The van der Waals surface area contributed by atoms with Crippen molar-refractivity contribution >= 4 is 17.5 Å². The number of nitrogens with one attached hydrogen (secondary N) is 2. The van der Waals surface area contributed by atoms with Crippen molar-refractivity contribution in [2.24, 2.45) is 0 Å². The van der Waals surface area contributed by atoms with Crippen LogP contribution in [0.2, 0.25) is 0 Å². The maximum Gasteiger partial charge on any atom is 0.323 e. The molecular formula is C17H20N4O. The fraction of sp³-hybridized carbons (Fsp3) is 0.294. The molecule has 2 heterocycles. The van der Waals surface area contributed by atoms with Crippen molar-refractivity contribution in [3.05, 3.63) is 54.7 Å². The summed E-state index contributed by atoms with van der Waals surface area (Å²) in [4.78, 5) is 18.3. The predicted octanol–water partition coefficient (Wildman–Crippen LogP) is 3.19. The van der Waals surface area contributed by atoms with Gasteiger partial charge in [0.05, 0.1) is 0 Å². The van der Waals surface area contributed by atoms with Crippen molar-refractivity contribution in [2.45, 2.75) is 18.9 Å². The molecule has 2 amide bonds. The number of carbonyl (C=O) groups is 1. The van der Waals surface area contributed by atoms with Crippen LogP contribution in [-0.4, -0.2) is 35.0 Å². The van der Waals surface area contributed by atoms with E-state index in [2.05, 4.69) is 15.6 Å². The number of carbonyl (C=O) groups excluding carboxylic acids is 1. The van der Waals surface area contributed by atoms with Crippen LogP contribution in [0.25, 0.3) is 0 Å². The number of urea groups is 1. The molecule has 0 radical (unpaired) electrons. The molecule has 0 aliphatic carbocycles. The van der Waals surface area contributed by atoms with E-state index >= 15 is 0 Å². The van der Waals surface area contributed by atoms with E-state index in [0.29, 0.717) is 12.4 Å². The number of pyridine rings is 1. The summed E-state index contributed by atoms with van der Waals surface area (Å²) in [5.41, 5.74) is 1.10. The number of anilines is 2. The first kappa shape index (κ1) is 14.4. The van der Waals surface area contributed by atoms with Gasteiger partial charge in [-0.25, -0.2) is 9.78 Å². The van der Waals surface area contributed by atoms with E-state index in [-0.39, 0.29) is 12.1 Å². The van der Waals surface area contributed by atoms with Gasteiger partial charge in [-0.2, -0.15) is 0 Å². The molecule has 1 aromatic carbocycles. The number of aromatic nitrogens is 1. The van der Waals surface area contributed by atoms with Gasteiger partial charge in [0.25, 0.3) is 0 Å². The largest absolute Gasteiger partial charge is 0.381 e. The van der Waals surface area contributed by atoms with Gasteiger partial charge >= 0.3 is 6.03 Å². The molecule has 2 aromatic rings. The second kappa shape index (κ2) is 6.93. The SMILES string of the molecule is O=C(Nc1ccccn1)N1CCC[C@H](Nc2ccccc2)C1. The highest BCUT2D eigenvalue weighted by Gasteiger charge is 2.23. The van der Waals surface area contributed by atoms with E-state index in [1.54, 1.807) is 12.3 Å². The van der Waals surface area contributed by atoms with E-state index in [4.69, 9.17) is 0 Å². The summed E-state index contributed by atoms with van der Waals surface area (Å²) in [6, 6.07) is 15.8. The van der Waals surface area contributed by atoms with Crippen LogP contribution in [0.15, 0.2) is 54.7 Å². The molecule has 22 heavy (non-hydrogen) atoms. The lowest BCUT2D eigenvalue weighted by Crippen LogP contribution is -2.46. The number of hydrogen-bond acceptors (Lipinski definition) is 3. The molecule has 1 saturated heterocycles. The van der Waals surface area contributed by atoms with Crippen LogP contribution in [0.3, 0.4) is 0 Å². The minimum absolute atomic E-state index is 0.0849. The molecule has 0 spiro atoms. The molecule has 1 aliphatic heterocycles. The zero-order valence-electron chi connectivity index (χ0n) is 12.4. The first-order chi connectivity index (χ1) is 10.8. The molecule has 3 rings (SSSR count). The molecule has 5 heteroatoms. The average Bonchev–Trinajstić information content (AvgIpc) is 2.57. The Labute approximate surface area is 130 Å². The highest BCUT2D eigenvalue weighted by Crippen LogP contribution is 2.16. The Morgan fingerprint density at radius 3 is 2.73 bits per heavy atom. The maximum absolute atomic E-state index is 12.3. The van der Waals surface area contributed by atoms with Gasteiger partial charge in [0.15, 0.2) is 0 Å². The second-order valence-electron chi connectivity index (χ2n) is 5.44. The zero-order valence-corrected chi connectivity index (χ0v) is 12.4. The zero-order chi connectivity index (χ0) is 15.2. The molecule has 0 unspecified atom stereocenters. The molecule has 1 fully saturated rings. The summed E-state index contributed by atoms with van der Waals surface area (Å²) in [6.07, 6.45) is 3.74. The van der Waals surface area contributed by atoms with Crippen molar-refractivity contribution in [3.8, 4) is 0 Å². The van der Waals surface area contributed by atoms with Crippen molar-refractivity contribution in [1.82, 2.24) is 9.88 Å². The lowest BCUT2D eigenvalue weighted by Gasteiger charge is -2.33. The number of piperidine rings is 1. The molecule has 1 aliphatic rings. The minimum Gasteiger partial charge on any atom is -0.381 e. The van der Waals surface area contributed by atoms with E-state index in [1.165, 1.54) is 0 Å². The Morgan fingerprint density at radius 2 is 1.95 bits per heavy atom. The van der Waals surface area contributed by atoms with Crippen LogP contribution in [-0.2, 0) is 0 Å². The predicted molar refractivity (Wildman–Crippen MR) is 87.9 cm³/mol. The van der Waals surface area contributed by atoms with Crippen LogP contribution in [0, 0.1) is 0 Å². The molecule has 1 aromatic heterocycles. The number of amides is 2. The number of para-hydroxylation sites is 1. The van der Waals surface area contributed by atoms with Crippen molar-refractivity contribution < 1.29 is 4.79 Å². The molecular weight excluding hydrogens is 276 g/mol. The Hall–Kier alpha value is -2.56. The van der Waals surface area contributed by atoms with E-state index in [1.807, 2.05) is 47.4 Å². The quantitative estimate of drug-likeness (QED) is 0.914. The van der Waals surface area contributed by atoms with E-state index < -0.39 is 0 Å². The Morgan fingerprint density at radius 1 is 1.14 bits per heavy atom. The summed E-state index contributed by atoms with van der Waals surface area (Å²) in [5.74, 6) is 0.589. The number of likely N-dealkylation sites (tertiary alicyclic amines) is 1. The van der Waals surface area contributed by atoms with Gasteiger partial charge in [0.1, 0.15) is 5.82 Å². The summed E-state index contributed by atoms with van der Waals surface area (Å²) in [6.45, 7) is 1.49. The van der Waals surface area contributed by atoms with Gasteiger partial charge in [0, 0.05) is 31.0 Å². The van der Waals surface area contributed by atoms with Gasteiger partial charge in [-0.15, -0.1) is 0 Å². The molecule has 0 bridgehead atoms. The summed E-state index contributed by atoms with van der Waals surface area (Å²) < 4.78 is 0. The van der Waals surface area contributed by atoms with Crippen LogP contribution >= 0.6 is 0 Å². The minimum atomic E-state index is -0.0849. The number of rotatable bonds is 3. The Kier molecular flexibility index (Phi) is 4.53. The molecule has 2 N–H and O–H groups in total. The summed E-state index contributed by atoms with van der Waals surface area (Å²) >= 11 is 0. The first-order valence-electron chi connectivity index (χ1n) is 7.60. The van der Waals surface area contributed by atoms with Crippen LogP contribution in [0.5, 0.6) is 0 Å². The van der Waals surface area contributed by atoms with Gasteiger partial charge in [-0.3, -0.25) is 5.32 Å². The van der Waals surface area contributed by atoms with Crippen LogP contribution in [0.4, 0.5) is 16.3 Å². The average molecular weight is 296 g/mol. The maximum atomic E-state index is 12.3. The topological polar surface area (TPSA) is 57.3 Å². The summed E-state index contributed by atoms with van der Waals surface area (Å²) in [5, 5.41) is 6.34. The van der Waals surface area contributed by atoms with Gasteiger partial charge in [-0.05, 0) is 37.1 Å². The third kappa shape index (κ3) is 3.75. The van der Waals surface area contributed by atoms with Crippen LogP contribution < -0.4 is 10.6 Å². The van der Waals surface area contributed by atoms with Gasteiger partial charge in [0.2, 0.25) is 0 Å². The van der Waals surface area contributed by atoms with E-state index in [9.17, 15) is 4.79 Å². The second-order valence-corrected chi connectivity index (χ2v) is 5.44. The fourth-order valence-electron chi connectivity index (χ4n) is 2.67. The highest BCUT2D eigenvalue weighted by molar-refractivity contribution is 5.88. The molecule has 1 atom stereocenters. The van der Waals surface area contributed by atoms with Crippen molar-refractivity contribution in [1.29, 1.82) is 0 Å². The van der Waals surface area contributed by atoms with Gasteiger partial charge < -0.3 is 10.2 Å². The Balaban J connectivity index is 1.57. The smallest absolute Gasteiger partial charge is 0.323 e.